The number of anilines is 1. The van der Waals surface area contributed by atoms with Gasteiger partial charge in [0.05, 0.1) is 6.54 Å². The van der Waals surface area contributed by atoms with Crippen LogP contribution in [0.2, 0.25) is 0 Å². The zero-order valence-corrected chi connectivity index (χ0v) is 16.3. The summed E-state index contributed by atoms with van der Waals surface area (Å²) in [6.45, 7) is 4.60. The third kappa shape index (κ3) is 4.26. The predicted molar refractivity (Wildman–Crippen MR) is 109 cm³/mol. The summed E-state index contributed by atoms with van der Waals surface area (Å²) in [6.07, 6.45) is 1.91. The third-order valence-electron chi connectivity index (χ3n) is 4.34. The number of nitrogens with zero attached hydrogens (tertiary/aromatic N) is 1. The molecule has 1 aliphatic rings. The minimum atomic E-state index is -0.180. The van der Waals surface area contributed by atoms with E-state index in [0.717, 1.165) is 24.1 Å². The van der Waals surface area contributed by atoms with Gasteiger partial charge in [-0.15, -0.1) is 24.0 Å². The molecule has 0 unspecified atom stereocenters. The van der Waals surface area contributed by atoms with Crippen LogP contribution in [0, 0.1) is 19.7 Å². The van der Waals surface area contributed by atoms with E-state index in [-0.39, 0.29) is 35.2 Å². The van der Waals surface area contributed by atoms with Crippen LogP contribution in [0.1, 0.15) is 29.5 Å². The molecule has 24 heavy (non-hydrogen) atoms. The van der Waals surface area contributed by atoms with Gasteiger partial charge in [-0.3, -0.25) is 4.99 Å². The van der Waals surface area contributed by atoms with Crippen molar-refractivity contribution in [3.8, 4) is 0 Å². The number of benzene rings is 2. The van der Waals surface area contributed by atoms with Crippen LogP contribution in [0.5, 0.6) is 0 Å². The second-order valence-electron chi connectivity index (χ2n) is 6.46. The Balaban J connectivity index is 0.00000208. The Bertz CT molecular complexity index is 734. The molecule has 0 heterocycles. The number of aryl methyl sites for hydroxylation is 2. The molecule has 3 N–H and O–H groups in total. The van der Waals surface area contributed by atoms with Gasteiger partial charge in [-0.1, -0.05) is 24.3 Å². The van der Waals surface area contributed by atoms with E-state index in [2.05, 4.69) is 16.4 Å². The van der Waals surface area contributed by atoms with Crippen molar-refractivity contribution in [1.29, 1.82) is 0 Å². The van der Waals surface area contributed by atoms with Crippen molar-refractivity contribution in [3.05, 3.63) is 65.0 Å². The van der Waals surface area contributed by atoms with Gasteiger partial charge in [0, 0.05) is 11.1 Å². The standard InChI is InChI=1S/C19H22FN3.HI/c1-13-9-14(2)11-15(10-13)23-18(21)22-12-19(7-8-19)16-5-3-4-6-17(16)20;/h3-6,9-11H,7-8,12H2,1-2H3,(H3,21,22,23);1H. The van der Waals surface area contributed by atoms with Gasteiger partial charge in [0.2, 0.25) is 0 Å². The summed E-state index contributed by atoms with van der Waals surface area (Å²) >= 11 is 0. The van der Waals surface area contributed by atoms with Crippen LogP contribution in [-0.4, -0.2) is 12.5 Å². The van der Waals surface area contributed by atoms with Crippen LogP contribution >= 0.6 is 24.0 Å². The van der Waals surface area contributed by atoms with E-state index in [4.69, 9.17) is 5.73 Å². The molecule has 3 rings (SSSR count). The Kier molecular flexibility index (Phi) is 5.85. The van der Waals surface area contributed by atoms with E-state index in [9.17, 15) is 4.39 Å². The van der Waals surface area contributed by atoms with Gasteiger partial charge in [0.15, 0.2) is 5.96 Å². The Morgan fingerprint density at radius 2 is 1.79 bits per heavy atom. The van der Waals surface area contributed by atoms with E-state index in [1.165, 1.54) is 17.2 Å². The maximum atomic E-state index is 14.0. The Morgan fingerprint density at radius 1 is 1.17 bits per heavy atom. The molecule has 128 valence electrons. The minimum Gasteiger partial charge on any atom is -0.370 e. The van der Waals surface area contributed by atoms with Crippen molar-refractivity contribution < 1.29 is 4.39 Å². The molecule has 2 aromatic rings. The highest BCUT2D eigenvalue weighted by Gasteiger charge is 2.45. The smallest absolute Gasteiger partial charge is 0.193 e. The van der Waals surface area contributed by atoms with E-state index in [1.54, 1.807) is 6.07 Å². The fourth-order valence-electron chi connectivity index (χ4n) is 3.03. The molecule has 0 saturated heterocycles. The van der Waals surface area contributed by atoms with Crippen LogP contribution in [0.4, 0.5) is 10.1 Å². The SMILES string of the molecule is Cc1cc(C)cc(NC(N)=NCC2(c3ccccc3F)CC2)c1.I. The Hall–Kier alpha value is -1.63. The fraction of sp³-hybridized carbons (Fsp3) is 0.316. The van der Waals surface area contributed by atoms with E-state index >= 15 is 0 Å². The maximum absolute atomic E-state index is 14.0. The molecule has 5 heteroatoms. The number of halogens is 2. The normalized spacial score (nSPS) is 15.5. The van der Waals surface area contributed by atoms with E-state index in [1.807, 2.05) is 38.1 Å². The topological polar surface area (TPSA) is 50.4 Å². The molecule has 0 radical (unpaired) electrons. The second-order valence-corrected chi connectivity index (χ2v) is 6.46. The molecule has 0 aliphatic heterocycles. The molecular weight excluding hydrogens is 416 g/mol. The van der Waals surface area contributed by atoms with Gasteiger partial charge in [0.1, 0.15) is 5.82 Å². The molecule has 1 saturated carbocycles. The summed E-state index contributed by atoms with van der Waals surface area (Å²) in [6, 6.07) is 13.1. The molecule has 0 bridgehead atoms. The van der Waals surface area contributed by atoms with E-state index in [0.29, 0.717) is 12.5 Å². The first-order valence-electron chi connectivity index (χ1n) is 7.89. The second kappa shape index (κ2) is 7.51. The quantitative estimate of drug-likeness (QED) is 0.418. The summed E-state index contributed by atoms with van der Waals surface area (Å²) in [5, 5.41) is 3.12. The lowest BCUT2D eigenvalue weighted by molar-refractivity contribution is 0.573. The van der Waals surface area contributed by atoms with Gasteiger partial charge in [-0.05, 0) is 61.6 Å². The number of hydrogen-bond donors (Lipinski definition) is 2. The Morgan fingerprint density at radius 3 is 2.38 bits per heavy atom. The number of rotatable bonds is 4. The van der Waals surface area contributed by atoms with Crippen molar-refractivity contribution in [2.24, 2.45) is 10.7 Å². The van der Waals surface area contributed by atoms with Crippen molar-refractivity contribution >= 4 is 35.6 Å². The number of guanidine groups is 1. The van der Waals surface area contributed by atoms with Crippen LogP contribution < -0.4 is 11.1 Å². The average molecular weight is 439 g/mol. The molecule has 0 amide bonds. The first-order valence-corrected chi connectivity index (χ1v) is 7.89. The van der Waals surface area contributed by atoms with E-state index < -0.39 is 0 Å². The number of nitrogens with one attached hydrogen (secondary N) is 1. The highest BCUT2D eigenvalue weighted by molar-refractivity contribution is 14.0. The summed E-state index contributed by atoms with van der Waals surface area (Å²) in [5.41, 5.74) is 9.85. The summed E-state index contributed by atoms with van der Waals surface area (Å²) in [4.78, 5) is 4.45. The fourth-order valence-corrected chi connectivity index (χ4v) is 3.03. The highest BCUT2D eigenvalue weighted by Crippen LogP contribution is 2.49. The van der Waals surface area contributed by atoms with Crippen LogP contribution in [0.3, 0.4) is 0 Å². The van der Waals surface area contributed by atoms with Crippen molar-refractivity contribution in [2.75, 3.05) is 11.9 Å². The number of nitrogens with two attached hydrogens (primary N) is 1. The lowest BCUT2D eigenvalue weighted by atomic mass is 9.95. The van der Waals surface area contributed by atoms with Crippen LogP contribution in [0.25, 0.3) is 0 Å². The van der Waals surface area contributed by atoms with Crippen molar-refractivity contribution in [1.82, 2.24) is 0 Å². The van der Waals surface area contributed by atoms with Gasteiger partial charge in [-0.25, -0.2) is 4.39 Å². The molecule has 1 fully saturated rings. The average Bonchev–Trinajstić information content (AvgIpc) is 3.25. The number of aliphatic imine (C=N–C) groups is 1. The summed E-state index contributed by atoms with van der Waals surface area (Å²) < 4.78 is 14.0. The van der Waals surface area contributed by atoms with Gasteiger partial charge >= 0.3 is 0 Å². The lowest BCUT2D eigenvalue weighted by Gasteiger charge is -2.15. The monoisotopic (exact) mass is 439 g/mol. The van der Waals surface area contributed by atoms with Crippen LogP contribution in [-0.2, 0) is 5.41 Å². The summed E-state index contributed by atoms with van der Waals surface area (Å²) in [7, 11) is 0. The molecule has 0 spiro atoms. The molecule has 3 nitrogen and oxygen atoms in total. The molecular formula is C19H23FIN3. The highest BCUT2D eigenvalue weighted by atomic mass is 127. The molecule has 0 atom stereocenters. The van der Waals surface area contributed by atoms with Gasteiger partial charge in [-0.2, -0.15) is 0 Å². The first kappa shape index (κ1) is 18.7. The van der Waals surface area contributed by atoms with Crippen molar-refractivity contribution in [2.45, 2.75) is 32.1 Å². The summed E-state index contributed by atoms with van der Waals surface area (Å²) in [5.74, 6) is 0.221. The minimum absolute atomic E-state index is 0. The molecule has 2 aromatic carbocycles. The zero-order chi connectivity index (χ0) is 16.4. The molecule has 0 aromatic heterocycles. The maximum Gasteiger partial charge on any atom is 0.193 e. The molecule has 1 aliphatic carbocycles. The predicted octanol–water partition coefficient (Wildman–Crippen LogP) is 4.52. The number of hydrogen-bond acceptors (Lipinski definition) is 1. The van der Waals surface area contributed by atoms with Gasteiger partial charge < -0.3 is 11.1 Å². The van der Waals surface area contributed by atoms with Crippen LogP contribution in [0.15, 0.2) is 47.5 Å². The first-order chi connectivity index (χ1) is 11.0. The largest absolute Gasteiger partial charge is 0.370 e. The van der Waals surface area contributed by atoms with Gasteiger partial charge in [0.25, 0.3) is 0 Å². The lowest BCUT2D eigenvalue weighted by Crippen LogP contribution is -2.25. The van der Waals surface area contributed by atoms with Crippen molar-refractivity contribution in [3.63, 3.8) is 0 Å². The zero-order valence-electron chi connectivity index (χ0n) is 14.0. The third-order valence-corrected chi connectivity index (χ3v) is 4.34. The Labute approximate surface area is 159 Å².